The zero-order chi connectivity index (χ0) is 12.7. The summed E-state index contributed by atoms with van der Waals surface area (Å²) in [6.07, 6.45) is 1.72. The van der Waals surface area contributed by atoms with E-state index in [4.69, 9.17) is 4.74 Å². The van der Waals surface area contributed by atoms with Crippen molar-refractivity contribution in [3.8, 4) is 0 Å². The SMILES string of the molecule is C=C(c1ccccc1)C(CCC)C(=O)OCC. The molecule has 0 aliphatic carbocycles. The first-order chi connectivity index (χ1) is 8.20. The first-order valence-electron chi connectivity index (χ1n) is 6.11. The lowest BCUT2D eigenvalue weighted by Gasteiger charge is -2.17. The van der Waals surface area contributed by atoms with E-state index in [1.54, 1.807) is 0 Å². The van der Waals surface area contributed by atoms with Gasteiger partial charge in [-0.25, -0.2) is 0 Å². The highest BCUT2D eigenvalue weighted by atomic mass is 16.5. The number of carbonyl (C=O) groups is 1. The van der Waals surface area contributed by atoms with Crippen molar-refractivity contribution >= 4 is 11.5 Å². The van der Waals surface area contributed by atoms with Crippen molar-refractivity contribution in [2.24, 2.45) is 5.92 Å². The Morgan fingerprint density at radius 1 is 1.29 bits per heavy atom. The normalized spacial score (nSPS) is 11.9. The summed E-state index contributed by atoms with van der Waals surface area (Å²) in [5.41, 5.74) is 1.87. The van der Waals surface area contributed by atoms with Crippen LogP contribution in [0.4, 0.5) is 0 Å². The van der Waals surface area contributed by atoms with Crippen LogP contribution in [0, 0.1) is 5.92 Å². The van der Waals surface area contributed by atoms with E-state index in [9.17, 15) is 4.79 Å². The summed E-state index contributed by atoms with van der Waals surface area (Å²) in [7, 11) is 0. The highest BCUT2D eigenvalue weighted by Gasteiger charge is 2.22. The average Bonchev–Trinajstić information content (AvgIpc) is 2.36. The standard InChI is InChI=1S/C15H20O2/c1-4-9-14(15(16)17-5-2)12(3)13-10-7-6-8-11-13/h6-8,10-11,14H,3-5,9H2,1-2H3. The quantitative estimate of drug-likeness (QED) is 0.699. The van der Waals surface area contributed by atoms with E-state index in [1.165, 1.54) is 0 Å². The van der Waals surface area contributed by atoms with E-state index in [2.05, 4.69) is 13.5 Å². The van der Waals surface area contributed by atoms with Gasteiger partial charge in [0.2, 0.25) is 0 Å². The predicted octanol–water partition coefficient (Wildman–Crippen LogP) is 3.68. The Hall–Kier alpha value is -1.57. The molecule has 0 saturated carbocycles. The molecule has 0 aliphatic rings. The van der Waals surface area contributed by atoms with Gasteiger partial charge in [0.15, 0.2) is 0 Å². The average molecular weight is 232 g/mol. The maximum absolute atomic E-state index is 11.9. The van der Waals surface area contributed by atoms with Gasteiger partial charge >= 0.3 is 5.97 Å². The van der Waals surface area contributed by atoms with E-state index >= 15 is 0 Å². The minimum atomic E-state index is -0.220. The van der Waals surface area contributed by atoms with Crippen LogP contribution in [0.25, 0.3) is 5.57 Å². The van der Waals surface area contributed by atoms with Crippen LogP contribution in [0.2, 0.25) is 0 Å². The number of ether oxygens (including phenoxy) is 1. The molecule has 0 amide bonds. The van der Waals surface area contributed by atoms with Crippen molar-refractivity contribution in [3.05, 3.63) is 42.5 Å². The smallest absolute Gasteiger partial charge is 0.313 e. The summed E-state index contributed by atoms with van der Waals surface area (Å²) in [6.45, 7) is 8.35. The maximum atomic E-state index is 11.9. The van der Waals surface area contributed by atoms with Crippen LogP contribution in [-0.4, -0.2) is 12.6 Å². The van der Waals surface area contributed by atoms with Gasteiger partial charge in [0.1, 0.15) is 0 Å². The summed E-state index contributed by atoms with van der Waals surface area (Å²) in [4.78, 5) is 11.9. The minimum Gasteiger partial charge on any atom is -0.466 e. The van der Waals surface area contributed by atoms with Crippen LogP contribution >= 0.6 is 0 Å². The highest BCUT2D eigenvalue weighted by molar-refractivity contribution is 5.87. The molecule has 1 rings (SSSR count). The highest BCUT2D eigenvalue weighted by Crippen LogP contribution is 2.26. The summed E-state index contributed by atoms with van der Waals surface area (Å²) in [6, 6.07) is 9.81. The number of hydrogen-bond donors (Lipinski definition) is 0. The molecular formula is C15H20O2. The number of carbonyl (C=O) groups excluding carboxylic acids is 1. The van der Waals surface area contributed by atoms with Gasteiger partial charge in [-0.2, -0.15) is 0 Å². The zero-order valence-electron chi connectivity index (χ0n) is 10.6. The van der Waals surface area contributed by atoms with E-state index in [-0.39, 0.29) is 11.9 Å². The second-order valence-corrected chi connectivity index (χ2v) is 3.98. The lowest BCUT2D eigenvalue weighted by atomic mass is 9.90. The fourth-order valence-electron chi connectivity index (χ4n) is 1.82. The van der Waals surface area contributed by atoms with Gasteiger partial charge < -0.3 is 4.74 Å². The summed E-state index contributed by atoms with van der Waals surface area (Å²) in [5.74, 6) is -0.384. The third-order valence-electron chi connectivity index (χ3n) is 2.71. The van der Waals surface area contributed by atoms with Crippen molar-refractivity contribution < 1.29 is 9.53 Å². The van der Waals surface area contributed by atoms with Crippen LogP contribution in [0.3, 0.4) is 0 Å². The molecule has 0 heterocycles. The van der Waals surface area contributed by atoms with Gasteiger partial charge in [-0.3, -0.25) is 4.79 Å². The van der Waals surface area contributed by atoms with E-state index < -0.39 is 0 Å². The van der Waals surface area contributed by atoms with E-state index in [0.29, 0.717) is 6.61 Å². The zero-order valence-corrected chi connectivity index (χ0v) is 10.6. The van der Waals surface area contributed by atoms with Crippen LogP contribution in [0.15, 0.2) is 36.9 Å². The van der Waals surface area contributed by atoms with Gasteiger partial charge in [0.25, 0.3) is 0 Å². The van der Waals surface area contributed by atoms with Gasteiger partial charge in [-0.15, -0.1) is 0 Å². The minimum absolute atomic E-state index is 0.164. The van der Waals surface area contributed by atoms with Gasteiger partial charge in [0, 0.05) is 0 Å². The maximum Gasteiger partial charge on any atom is 0.313 e. The fraction of sp³-hybridized carbons (Fsp3) is 0.400. The van der Waals surface area contributed by atoms with Crippen LogP contribution in [0.5, 0.6) is 0 Å². The summed E-state index contributed by atoms with van der Waals surface area (Å²) < 4.78 is 5.10. The molecule has 0 N–H and O–H groups in total. The first kappa shape index (κ1) is 13.5. The number of rotatable bonds is 6. The summed E-state index contributed by atoms with van der Waals surface area (Å²) in [5, 5.41) is 0. The second kappa shape index (κ2) is 6.89. The van der Waals surface area contributed by atoms with Crippen LogP contribution in [0.1, 0.15) is 32.3 Å². The predicted molar refractivity (Wildman–Crippen MR) is 70.5 cm³/mol. The molecule has 17 heavy (non-hydrogen) atoms. The van der Waals surface area contributed by atoms with Crippen LogP contribution < -0.4 is 0 Å². The molecule has 0 spiro atoms. The van der Waals surface area contributed by atoms with E-state index in [0.717, 1.165) is 24.0 Å². The third kappa shape index (κ3) is 3.74. The molecule has 1 aromatic rings. The molecule has 0 radical (unpaired) electrons. The number of benzene rings is 1. The van der Waals surface area contributed by atoms with Crippen molar-refractivity contribution in [1.82, 2.24) is 0 Å². The van der Waals surface area contributed by atoms with Crippen molar-refractivity contribution in [2.75, 3.05) is 6.61 Å². The van der Waals surface area contributed by atoms with Crippen molar-refractivity contribution in [3.63, 3.8) is 0 Å². The molecule has 1 unspecified atom stereocenters. The molecule has 0 aliphatic heterocycles. The molecule has 0 saturated heterocycles. The van der Waals surface area contributed by atoms with Crippen LogP contribution in [-0.2, 0) is 9.53 Å². The molecular weight excluding hydrogens is 212 g/mol. The Balaban J connectivity index is 2.84. The molecule has 1 aromatic carbocycles. The molecule has 0 aromatic heterocycles. The summed E-state index contributed by atoms with van der Waals surface area (Å²) >= 11 is 0. The van der Waals surface area contributed by atoms with E-state index in [1.807, 2.05) is 37.3 Å². The van der Waals surface area contributed by atoms with Gasteiger partial charge in [-0.05, 0) is 24.5 Å². The Labute approximate surface area is 103 Å². The molecule has 2 nitrogen and oxygen atoms in total. The molecule has 1 atom stereocenters. The number of hydrogen-bond acceptors (Lipinski definition) is 2. The lowest BCUT2D eigenvalue weighted by molar-refractivity contribution is -0.146. The Morgan fingerprint density at radius 2 is 1.94 bits per heavy atom. The number of esters is 1. The molecule has 92 valence electrons. The molecule has 2 heteroatoms. The van der Waals surface area contributed by atoms with Gasteiger partial charge in [-0.1, -0.05) is 50.3 Å². The third-order valence-corrected chi connectivity index (χ3v) is 2.71. The topological polar surface area (TPSA) is 26.3 Å². The first-order valence-corrected chi connectivity index (χ1v) is 6.11. The largest absolute Gasteiger partial charge is 0.466 e. The lowest BCUT2D eigenvalue weighted by Crippen LogP contribution is -2.18. The van der Waals surface area contributed by atoms with Crippen molar-refractivity contribution in [2.45, 2.75) is 26.7 Å². The Morgan fingerprint density at radius 3 is 2.47 bits per heavy atom. The Kier molecular flexibility index (Phi) is 5.47. The van der Waals surface area contributed by atoms with Crippen molar-refractivity contribution in [1.29, 1.82) is 0 Å². The molecule has 0 fully saturated rings. The molecule has 0 bridgehead atoms. The fourth-order valence-corrected chi connectivity index (χ4v) is 1.82. The monoisotopic (exact) mass is 232 g/mol. The second-order valence-electron chi connectivity index (χ2n) is 3.98. The Bertz CT molecular complexity index is 368. The van der Waals surface area contributed by atoms with Gasteiger partial charge in [0.05, 0.1) is 12.5 Å².